The second-order valence-corrected chi connectivity index (χ2v) is 5.91. The summed E-state index contributed by atoms with van der Waals surface area (Å²) in [5.41, 5.74) is 8.39. The van der Waals surface area contributed by atoms with Gasteiger partial charge in [-0.05, 0) is 29.3 Å². The van der Waals surface area contributed by atoms with Gasteiger partial charge >= 0.3 is 0 Å². The van der Waals surface area contributed by atoms with Crippen molar-refractivity contribution in [2.75, 3.05) is 7.11 Å². The first-order valence-corrected chi connectivity index (χ1v) is 7.64. The summed E-state index contributed by atoms with van der Waals surface area (Å²) in [6.07, 6.45) is 1.87. The third kappa shape index (κ3) is 2.78. The van der Waals surface area contributed by atoms with Crippen molar-refractivity contribution in [3.05, 3.63) is 75.7 Å². The van der Waals surface area contributed by atoms with Crippen molar-refractivity contribution < 1.29 is 9.53 Å². The van der Waals surface area contributed by atoms with Crippen LogP contribution in [0.15, 0.2) is 64.5 Å². The zero-order valence-corrected chi connectivity index (χ0v) is 12.9. The van der Waals surface area contributed by atoms with Crippen LogP contribution < -0.4 is 10.5 Å². The smallest absolute Gasteiger partial charge is 0.203 e. The van der Waals surface area contributed by atoms with Crippen LogP contribution >= 0.6 is 11.8 Å². The summed E-state index contributed by atoms with van der Waals surface area (Å²) in [6.45, 7) is 0. The molecule has 0 fully saturated rings. The molecule has 2 aromatic carbocycles. The lowest BCUT2D eigenvalue weighted by atomic mass is 10.0. The average Bonchev–Trinajstić information content (AvgIpc) is 2.82. The number of hydrogen-bond donors (Lipinski definition) is 1. The number of ketones is 1. The molecule has 4 heteroatoms. The standard InChI is InChI=1S/C18H15NO2S/c1-21-14-9-5-8-13(11-14)16-17(20)15(22-18(16)19)10-12-6-3-2-4-7-12/h2-11H,19H2,1H3. The molecule has 22 heavy (non-hydrogen) atoms. The number of benzene rings is 2. The highest BCUT2D eigenvalue weighted by Crippen LogP contribution is 2.41. The highest BCUT2D eigenvalue weighted by atomic mass is 32.2. The monoisotopic (exact) mass is 309 g/mol. The number of hydrogen-bond acceptors (Lipinski definition) is 4. The van der Waals surface area contributed by atoms with Gasteiger partial charge in [0.2, 0.25) is 5.78 Å². The molecule has 0 saturated carbocycles. The lowest BCUT2D eigenvalue weighted by molar-refractivity contribution is -0.109. The summed E-state index contributed by atoms with van der Waals surface area (Å²) in [6, 6.07) is 17.1. The van der Waals surface area contributed by atoms with E-state index in [-0.39, 0.29) is 5.78 Å². The lowest BCUT2D eigenvalue weighted by Crippen LogP contribution is -2.01. The van der Waals surface area contributed by atoms with Gasteiger partial charge in [-0.2, -0.15) is 0 Å². The molecular weight excluding hydrogens is 294 g/mol. The maximum atomic E-state index is 12.7. The van der Waals surface area contributed by atoms with Gasteiger partial charge in [-0.3, -0.25) is 4.79 Å². The molecule has 2 N–H and O–H groups in total. The molecule has 1 aliphatic heterocycles. The Labute approximate surface area is 133 Å². The van der Waals surface area contributed by atoms with Gasteiger partial charge in [0.1, 0.15) is 5.75 Å². The van der Waals surface area contributed by atoms with Gasteiger partial charge in [0, 0.05) is 0 Å². The summed E-state index contributed by atoms with van der Waals surface area (Å²) in [7, 11) is 1.60. The molecule has 0 saturated heterocycles. The van der Waals surface area contributed by atoms with Crippen molar-refractivity contribution in [2.45, 2.75) is 0 Å². The summed E-state index contributed by atoms with van der Waals surface area (Å²) in [4.78, 5) is 13.3. The van der Waals surface area contributed by atoms with E-state index in [9.17, 15) is 4.79 Å². The Balaban J connectivity index is 1.95. The molecule has 110 valence electrons. The van der Waals surface area contributed by atoms with Gasteiger partial charge in [-0.15, -0.1) is 0 Å². The Morgan fingerprint density at radius 2 is 1.86 bits per heavy atom. The molecule has 1 aliphatic rings. The Bertz CT molecular complexity index is 779. The molecule has 0 bridgehead atoms. The van der Waals surface area contributed by atoms with Crippen molar-refractivity contribution in [1.29, 1.82) is 0 Å². The molecule has 2 aromatic rings. The molecule has 0 aromatic heterocycles. The Kier molecular flexibility index (Phi) is 4.02. The van der Waals surface area contributed by atoms with Gasteiger partial charge in [0.15, 0.2) is 0 Å². The fourth-order valence-corrected chi connectivity index (χ4v) is 3.24. The molecule has 0 amide bonds. The topological polar surface area (TPSA) is 52.3 Å². The third-order valence-corrected chi connectivity index (χ3v) is 4.32. The number of rotatable bonds is 3. The fraction of sp³-hybridized carbons (Fsp3) is 0.0556. The summed E-state index contributed by atoms with van der Waals surface area (Å²) >= 11 is 1.31. The van der Waals surface area contributed by atoms with Crippen LogP contribution in [0.2, 0.25) is 0 Å². The molecule has 0 unspecified atom stereocenters. The normalized spacial score (nSPS) is 16.4. The van der Waals surface area contributed by atoms with E-state index in [0.717, 1.165) is 11.1 Å². The van der Waals surface area contributed by atoms with E-state index in [1.807, 2.05) is 60.7 Å². The highest BCUT2D eigenvalue weighted by Gasteiger charge is 2.28. The van der Waals surface area contributed by atoms with Crippen molar-refractivity contribution in [3.63, 3.8) is 0 Å². The van der Waals surface area contributed by atoms with Crippen LogP contribution in [0.25, 0.3) is 11.6 Å². The molecule has 0 spiro atoms. The van der Waals surface area contributed by atoms with Gasteiger partial charge < -0.3 is 10.5 Å². The summed E-state index contributed by atoms with van der Waals surface area (Å²) in [5.74, 6) is 0.663. The Hall–Kier alpha value is -2.46. The van der Waals surface area contributed by atoms with Gasteiger partial charge in [-0.25, -0.2) is 0 Å². The van der Waals surface area contributed by atoms with E-state index in [4.69, 9.17) is 10.5 Å². The number of carbonyl (C=O) groups is 1. The number of allylic oxidation sites excluding steroid dienone is 2. The zero-order chi connectivity index (χ0) is 15.5. The molecule has 1 heterocycles. The van der Waals surface area contributed by atoms with E-state index in [1.165, 1.54) is 11.8 Å². The predicted molar refractivity (Wildman–Crippen MR) is 91.1 cm³/mol. The first-order valence-electron chi connectivity index (χ1n) is 6.82. The minimum Gasteiger partial charge on any atom is -0.497 e. The van der Waals surface area contributed by atoms with Crippen molar-refractivity contribution in [3.8, 4) is 5.75 Å². The maximum Gasteiger partial charge on any atom is 0.203 e. The minimum absolute atomic E-state index is 0.0420. The number of Topliss-reactive ketones (excluding diaryl/α,β-unsaturated/α-hetero) is 1. The minimum atomic E-state index is -0.0420. The molecule has 0 aliphatic carbocycles. The first kappa shape index (κ1) is 14.5. The molecule has 3 rings (SSSR count). The van der Waals surface area contributed by atoms with Crippen LogP contribution in [0.3, 0.4) is 0 Å². The van der Waals surface area contributed by atoms with Crippen LogP contribution in [0.4, 0.5) is 0 Å². The Morgan fingerprint density at radius 3 is 2.59 bits per heavy atom. The number of thioether (sulfide) groups is 1. The van der Waals surface area contributed by atoms with E-state index in [0.29, 0.717) is 21.3 Å². The third-order valence-electron chi connectivity index (χ3n) is 3.37. The SMILES string of the molecule is COc1cccc(C2=C(N)SC(=Cc3ccccc3)C2=O)c1. The molecule has 3 nitrogen and oxygen atoms in total. The number of nitrogens with two attached hydrogens (primary N) is 1. The van der Waals surface area contributed by atoms with Gasteiger partial charge in [0.05, 0.1) is 22.6 Å². The van der Waals surface area contributed by atoms with Crippen LogP contribution in [-0.2, 0) is 4.79 Å². The van der Waals surface area contributed by atoms with Crippen LogP contribution in [0, 0.1) is 0 Å². The van der Waals surface area contributed by atoms with E-state index in [2.05, 4.69) is 0 Å². The number of carbonyl (C=O) groups excluding carboxylic acids is 1. The quantitative estimate of drug-likeness (QED) is 0.879. The zero-order valence-electron chi connectivity index (χ0n) is 12.1. The van der Waals surface area contributed by atoms with Crippen LogP contribution in [0.1, 0.15) is 11.1 Å². The van der Waals surface area contributed by atoms with E-state index in [1.54, 1.807) is 7.11 Å². The second-order valence-electron chi connectivity index (χ2n) is 4.82. The van der Waals surface area contributed by atoms with E-state index < -0.39 is 0 Å². The number of ether oxygens (including phenoxy) is 1. The van der Waals surface area contributed by atoms with Crippen LogP contribution in [-0.4, -0.2) is 12.9 Å². The predicted octanol–water partition coefficient (Wildman–Crippen LogP) is 3.68. The van der Waals surface area contributed by atoms with Crippen molar-refractivity contribution >= 4 is 29.2 Å². The highest BCUT2D eigenvalue weighted by molar-refractivity contribution is 8.08. The van der Waals surface area contributed by atoms with Crippen LogP contribution in [0.5, 0.6) is 5.75 Å². The number of methoxy groups -OCH3 is 1. The summed E-state index contributed by atoms with van der Waals surface area (Å²) < 4.78 is 5.21. The second kappa shape index (κ2) is 6.12. The van der Waals surface area contributed by atoms with Gasteiger partial charge in [0.25, 0.3) is 0 Å². The average molecular weight is 309 g/mol. The molecule has 0 atom stereocenters. The van der Waals surface area contributed by atoms with E-state index >= 15 is 0 Å². The summed E-state index contributed by atoms with van der Waals surface area (Å²) in [5, 5.41) is 0.528. The molecule has 0 radical (unpaired) electrons. The first-order chi connectivity index (χ1) is 10.7. The molecular formula is C18H15NO2S. The van der Waals surface area contributed by atoms with Gasteiger partial charge in [-0.1, -0.05) is 54.2 Å². The van der Waals surface area contributed by atoms with Crippen molar-refractivity contribution in [2.24, 2.45) is 5.73 Å². The largest absolute Gasteiger partial charge is 0.497 e. The lowest BCUT2D eigenvalue weighted by Gasteiger charge is -2.05. The fourth-order valence-electron chi connectivity index (χ4n) is 2.30. The Morgan fingerprint density at radius 1 is 1.09 bits per heavy atom. The van der Waals surface area contributed by atoms with Crippen molar-refractivity contribution in [1.82, 2.24) is 0 Å². The maximum absolute atomic E-state index is 12.7.